The third-order valence-electron chi connectivity index (χ3n) is 7.26. The molecule has 0 N–H and O–H groups in total. The molecule has 0 saturated carbocycles. The Labute approximate surface area is 211 Å². The predicted octanol–water partition coefficient (Wildman–Crippen LogP) is 6.03. The molecule has 1 unspecified atom stereocenters. The molecule has 0 radical (unpaired) electrons. The molecule has 0 bridgehead atoms. The van der Waals surface area contributed by atoms with E-state index in [9.17, 15) is 9.59 Å². The number of benzene rings is 3. The van der Waals surface area contributed by atoms with Crippen LogP contribution in [-0.2, 0) is 9.59 Å². The summed E-state index contributed by atoms with van der Waals surface area (Å²) in [7, 11) is 4.72. The fourth-order valence-electron chi connectivity index (χ4n) is 5.69. The number of Topliss-reactive ketones (excluding diaryl/α,β-unsaturated/α-hetero) is 1. The molecule has 0 aromatic heterocycles. The maximum absolute atomic E-state index is 14.0. The summed E-state index contributed by atoms with van der Waals surface area (Å²) in [6.07, 6.45) is 1.20. The second kappa shape index (κ2) is 9.01. The van der Waals surface area contributed by atoms with Gasteiger partial charge in [-0.1, -0.05) is 50.2 Å². The summed E-state index contributed by atoms with van der Waals surface area (Å²) in [6, 6.07) is 17.6. The lowest BCUT2D eigenvalue weighted by Gasteiger charge is -2.43. The highest BCUT2D eigenvalue weighted by Crippen LogP contribution is 2.51. The second-order valence-electron chi connectivity index (χ2n) is 10.2. The molecule has 0 fully saturated rings. The normalized spacial score (nSPS) is 19.4. The van der Waals surface area contributed by atoms with Crippen molar-refractivity contribution in [3.05, 3.63) is 71.4 Å². The average Bonchev–Trinajstić information content (AvgIpc) is 2.86. The van der Waals surface area contributed by atoms with E-state index in [1.165, 1.54) is 0 Å². The van der Waals surface area contributed by atoms with Crippen LogP contribution in [0.1, 0.15) is 44.6 Å². The Morgan fingerprint density at radius 2 is 1.50 bits per heavy atom. The van der Waals surface area contributed by atoms with Gasteiger partial charge in [-0.3, -0.25) is 14.5 Å². The number of ether oxygens (including phenoxy) is 3. The van der Waals surface area contributed by atoms with Gasteiger partial charge in [0, 0.05) is 47.0 Å². The van der Waals surface area contributed by atoms with E-state index in [1.54, 1.807) is 32.3 Å². The van der Waals surface area contributed by atoms with Crippen molar-refractivity contribution in [3.8, 4) is 17.2 Å². The predicted molar refractivity (Wildman–Crippen MR) is 140 cm³/mol. The first-order chi connectivity index (χ1) is 17.3. The molecule has 0 spiro atoms. The van der Waals surface area contributed by atoms with Gasteiger partial charge in [-0.15, -0.1) is 0 Å². The first kappa shape index (κ1) is 23.9. The molecule has 1 heterocycles. The van der Waals surface area contributed by atoms with Gasteiger partial charge in [0.2, 0.25) is 5.91 Å². The minimum Gasteiger partial charge on any atom is -0.496 e. The highest BCUT2D eigenvalue weighted by atomic mass is 16.5. The lowest BCUT2D eigenvalue weighted by molar-refractivity contribution is -0.121. The van der Waals surface area contributed by atoms with E-state index in [0.29, 0.717) is 35.7 Å². The Morgan fingerprint density at radius 3 is 2.22 bits per heavy atom. The number of methoxy groups -OCH3 is 3. The zero-order valence-corrected chi connectivity index (χ0v) is 21.4. The third kappa shape index (κ3) is 3.91. The Kier molecular flexibility index (Phi) is 5.99. The molecule has 186 valence electrons. The number of carbonyl (C=O) groups excluding carboxylic acids is 2. The minimum absolute atomic E-state index is 0.0440. The van der Waals surface area contributed by atoms with E-state index in [-0.39, 0.29) is 23.5 Å². The van der Waals surface area contributed by atoms with Crippen LogP contribution in [0.25, 0.3) is 10.8 Å². The number of amides is 1. The molecule has 1 amide bonds. The van der Waals surface area contributed by atoms with Crippen molar-refractivity contribution in [2.24, 2.45) is 5.41 Å². The molecule has 1 aliphatic carbocycles. The quantitative estimate of drug-likeness (QED) is 0.442. The molecule has 3 aromatic carbocycles. The van der Waals surface area contributed by atoms with Crippen LogP contribution >= 0.6 is 0 Å². The summed E-state index contributed by atoms with van der Waals surface area (Å²) in [5.41, 5.74) is 2.77. The molecule has 1 atom stereocenters. The molecular formula is C30H31NO5. The van der Waals surface area contributed by atoms with Gasteiger partial charge in [0.15, 0.2) is 17.3 Å². The summed E-state index contributed by atoms with van der Waals surface area (Å²) in [6.45, 7) is 4.17. The Balaban J connectivity index is 1.75. The van der Waals surface area contributed by atoms with Crippen LogP contribution in [0.3, 0.4) is 0 Å². The van der Waals surface area contributed by atoms with E-state index in [1.807, 2.05) is 48.5 Å². The van der Waals surface area contributed by atoms with Crippen LogP contribution in [0.4, 0.5) is 5.69 Å². The first-order valence-electron chi connectivity index (χ1n) is 12.1. The summed E-state index contributed by atoms with van der Waals surface area (Å²) >= 11 is 0. The standard InChI is InChI=1S/C30H31NO5/c1-30(2)16-23-29(24(32)17-30)21(20-13-26(35-4)27(36-5)15-25(20)34-3)14-28(33)31(23)22-12-8-10-18-9-6-7-11-19(18)22/h6-13,15,21H,14,16-17H2,1-5H3. The topological polar surface area (TPSA) is 65.1 Å². The smallest absolute Gasteiger partial charge is 0.232 e. The number of anilines is 1. The van der Waals surface area contributed by atoms with Crippen molar-refractivity contribution in [3.63, 3.8) is 0 Å². The average molecular weight is 486 g/mol. The maximum atomic E-state index is 14.0. The number of rotatable bonds is 5. The van der Waals surface area contributed by atoms with Crippen LogP contribution in [0, 0.1) is 5.41 Å². The van der Waals surface area contributed by atoms with Gasteiger partial charge in [-0.2, -0.15) is 0 Å². The minimum atomic E-state index is -0.433. The fourth-order valence-corrected chi connectivity index (χ4v) is 5.69. The summed E-state index contributed by atoms with van der Waals surface area (Å²) < 4.78 is 16.7. The first-order valence-corrected chi connectivity index (χ1v) is 12.1. The van der Waals surface area contributed by atoms with Crippen LogP contribution < -0.4 is 19.1 Å². The van der Waals surface area contributed by atoms with Crippen LogP contribution in [-0.4, -0.2) is 33.0 Å². The Hall–Kier alpha value is -3.80. The van der Waals surface area contributed by atoms with Gasteiger partial charge in [0.1, 0.15) is 5.75 Å². The molecular weight excluding hydrogens is 454 g/mol. The van der Waals surface area contributed by atoms with Crippen molar-refractivity contribution in [1.82, 2.24) is 0 Å². The van der Waals surface area contributed by atoms with Gasteiger partial charge in [-0.25, -0.2) is 0 Å². The number of carbonyl (C=O) groups is 2. The second-order valence-corrected chi connectivity index (χ2v) is 10.2. The molecule has 1 aliphatic heterocycles. The summed E-state index contributed by atoms with van der Waals surface area (Å²) in [4.78, 5) is 29.5. The summed E-state index contributed by atoms with van der Waals surface area (Å²) in [5.74, 6) is 1.22. The highest BCUT2D eigenvalue weighted by Gasteiger charge is 2.45. The van der Waals surface area contributed by atoms with Gasteiger partial charge in [-0.05, 0) is 29.4 Å². The van der Waals surface area contributed by atoms with E-state index in [0.717, 1.165) is 27.7 Å². The zero-order valence-electron chi connectivity index (χ0n) is 21.4. The van der Waals surface area contributed by atoms with Gasteiger partial charge in [0.05, 0.1) is 27.0 Å². The number of nitrogens with zero attached hydrogens (tertiary/aromatic N) is 1. The fraction of sp³-hybridized carbons (Fsp3) is 0.333. The van der Waals surface area contributed by atoms with E-state index in [2.05, 4.69) is 13.8 Å². The Morgan fingerprint density at radius 1 is 0.833 bits per heavy atom. The number of hydrogen-bond donors (Lipinski definition) is 0. The van der Waals surface area contributed by atoms with E-state index >= 15 is 0 Å². The summed E-state index contributed by atoms with van der Waals surface area (Å²) in [5, 5.41) is 2.04. The maximum Gasteiger partial charge on any atom is 0.232 e. The lowest BCUT2D eigenvalue weighted by Crippen LogP contribution is -2.43. The van der Waals surface area contributed by atoms with Crippen molar-refractivity contribution >= 4 is 28.2 Å². The lowest BCUT2D eigenvalue weighted by atomic mass is 9.69. The van der Waals surface area contributed by atoms with Crippen molar-refractivity contribution < 1.29 is 23.8 Å². The van der Waals surface area contributed by atoms with Gasteiger partial charge >= 0.3 is 0 Å². The monoisotopic (exact) mass is 485 g/mol. The molecule has 2 aliphatic rings. The van der Waals surface area contributed by atoms with E-state index < -0.39 is 5.92 Å². The number of fused-ring (bicyclic) bond motifs is 1. The zero-order chi connectivity index (χ0) is 25.6. The van der Waals surface area contributed by atoms with Crippen LogP contribution in [0.2, 0.25) is 0 Å². The number of hydrogen-bond acceptors (Lipinski definition) is 5. The molecule has 6 heteroatoms. The third-order valence-corrected chi connectivity index (χ3v) is 7.26. The molecule has 3 aromatic rings. The van der Waals surface area contributed by atoms with Crippen LogP contribution in [0.5, 0.6) is 17.2 Å². The molecule has 36 heavy (non-hydrogen) atoms. The van der Waals surface area contributed by atoms with Crippen molar-refractivity contribution in [2.75, 3.05) is 26.2 Å². The molecule has 0 saturated heterocycles. The van der Waals surface area contributed by atoms with E-state index in [4.69, 9.17) is 14.2 Å². The highest BCUT2D eigenvalue weighted by molar-refractivity contribution is 6.11. The van der Waals surface area contributed by atoms with Crippen LogP contribution in [0.15, 0.2) is 65.9 Å². The number of allylic oxidation sites excluding steroid dienone is 2. The Bertz CT molecular complexity index is 1400. The number of ketones is 1. The van der Waals surface area contributed by atoms with Gasteiger partial charge in [0.25, 0.3) is 0 Å². The van der Waals surface area contributed by atoms with Crippen molar-refractivity contribution in [1.29, 1.82) is 0 Å². The SMILES string of the molecule is COc1cc(OC)c(C2CC(=O)N(c3cccc4ccccc34)C3=C2C(=O)CC(C)(C)C3)cc1OC. The molecule has 5 rings (SSSR count). The van der Waals surface area contributed by atoms with Gasteiger partial charge < -0.3 is 14.2 Å². The molecule has 6 nitrogen and oxygen atoms in total. The van der Waals surface area contributed by atoms with Crippen molar-refractivity contribution in [2.45, 2.75) is 39.0 Å². The largest absolute Gasteiger partial charge is 0.496 e.